The van der Waals surface area contributed by atoms with Crippen LogP contribution < -0.4 is 0 Å². The van der Waals surface area contributed by atoms with Crippen molar-refractivity contribution in [1.82, 2.24) is 4.90 Å². The molecule has 2 amide bonds. The van der Waals surface area contributed by atoms with E-state index < -0.39 is 5.97 Å². The van der Waals surface area contributed by atoms with Crippen molar-refractivity contribution in [2.24, 2.45) is 0 Å². The van der Waals surface area contributed by atoms with Gasteiger partial charge in [-0.3, -0.25) is 14.5 Å². The summed E-state index contributed by atoms with van der Waals surface area (Å²) in [5.41, 5.74) is 1.42. The van der Waals surface area contributed by atoms with Gasteiger partial charge in [-0.25, -0.2) is 9.18 Å². The first-order chi connectivity index (χ1) is 13.0. The molecule has 0 bridgehead atoms. The molecule has 2 aromatic rings. The molecule has 138 valence electrons. The van der Waals surface area contributed by atoms with Gasteiger partial charge in [0.2, 0.25) is 0 Å². The van der Waals surface area contributed by atoms with Crippen molar-refractivity contribution >= 4 is 39.8 Å². The summed E-state index contributed by atoms with van der Waals surface area (Å²) in [6.07, 6.45) is 3.10. The second-order valence-electron chi connectivity index (χ2n) is 5.86. The molecule has 5 nitrogen and oxygen atoms in total. The first-order valence-electron chi connectivity index (χ1n) is 8.22. The highest BCUT2D eigenvalue weighted by atomic mass is 79.9. The van der Waals surface area contributed by atoms with Gasteiger partial charge in [0.1, 0.15) is 5.82 Å². The molecule has 0 unspecified atom stereocenters. The standard InChI is InChI=1S/C20H15BrFNO4/c21-14-5-8-16-17(12-14)20(26)23(19(16)25)10-1-11-27-18(24)9-4-13-2-6-15(22)7-3-13/h2-9,12H,1,10-11H2/b9-4+. The molecular formula is C20H15BrFNO4. The predicted octanol–water partition coefficient (Wildman–Crippen LogP) is 3.83. The maximum absolute atomic E-state index is 12.8. The predicted molar refractivity (Wildman–Crippen MR) is 101 cm³/mol. The maximum atomic E-state index is 12.8. The van der Waals surface area contributed by atoms with E-state index >= 15 is 0 Å². The summed E-state index contributed by atoms with van der Waals surface area (Å²) in [6.45, 7) is 0.239. The number of imide groups is 1. The van der Waals surface area contributed by atoms with Gasteiger partial charge in [0, 0.05) is 17.1 Å². The number of esters is 1. The number of carbonyl (C=O) groups excluding carboxylic acids is 3. The average Bonchev–Trinajstić information content (AvgIpc) is 2.88. The fourth-order valence-electron chi connectivity index (χ4n) is 2.65. The summed E-state index contributed by atoms with van der Waals surface area (Å²) in [5.74, 6) is -1.59. The molecule has 0 spiro atoms. The number of ether oxygens (including phenoxy) is 1. The smallest absolute Gasteiger partial charge is 0.330 e. The molecule has 0 aromatic heterocycles. The summed E-state index contributed by atoms with van der Waals surface area (Å²) < 4.78 is 18.6. The number of nitrogens with zero attached hydrogens (tertiary/aromatic N) is 1. The van der Waals surface area contributed by atoms with Crippen LogP contribution in [0.3, 0.4) is 0 Å². The molecule has 0 N–H and O–H groups in total. The topological polar surface area (TPSA) is 63.7 Å². The number of fused-ring (bicyclic) bond motifs is 1. The third-order valence-electron chi connectivity index (χ3n) is 3.98. The van der Waals surface area contributed by atoms with Crippen LogP contribution in [0.25, 0.3) is 6.08 Å². The summed E-state index contributed by atoms with van der Waals surface area (Å²) in [6, 6.07) is 10.6. The molecule has 3 rings (SSSR count). The Morgan fingerprint density at radius 2 is 1.78 bits per heavy atom. The van der Waals surface area contributed by atoms with E-state index in [1.165, 1.54) is 24.3 Å². The molecule has 0 saturated carbocycles. The molecule has 27 heavy (non-hydrogen) atoms. The van der Waals surface area contributed by atoms with Gasteiger partial charge in [0.05, 0.1) is 17.7 Å². The van der Waals surface area contributed by atoms with Gasteiger partial charge in [0.25, 0.3) is 11.8 Å². The van der Waals surface area contributed by atoms with Crippen LogP contribution in [0.15, 0.2) is 53.0 Å². The Morgan fingerprint density at radius 1 is 1.07 bits per heavy atom. The summed E-state index contributed by atoms with van der Waals surface area (Å²) in [7, 11) is 0. The van der Waals surface area contributed by atoms with E-state index in [1.807, 2.05) is 0 Å². The Morgan fingerprint density at radius 3 is 2.52 bits per heavy atom. The highest BCUT2D eigenvalue weighted by Crippen LogP contribution is 2.26. The molecule has 7 heteroatoms. The monoisotopic (exact) mass is 431 g/mol. The Kier molecular flexibility index (Phi) is 5.81. The fourth-order valence-corrected chi connectivity index (χ4v) is 3.01. The Bertz CT molecular complexity index is 924. The molecule has 0 fully saturated rings. The third-order valence-corrected chi connectivity index (χ3v) is 4.48. The minimum absolute atomic E-state index is 0.0731. The average molecular weight is 432 g/mol. The molecule has 0 saturated heterocycles. The first-order valence-corrected chi connectivity index (χ1v) is 9.01. The summed E-state index contributed by atoms with van der Waals surface area (Å²) in [5, 5.41) is 0. The van der Waals surface area contributed by atoms with Gasteiger partial charge in [-0.05, 0) is 48.4 Å². The van der Waals surface area contributed by atoms with Crippen molar-refractivity contribution in [3.05, 3.63) is 75.5 Å². The molecule has 0 radical (unpaired) electrons. The number of carbonyl (C=O) groups is 3. The van der Waals surface area contributed by atoms with Gasteiger partial charge in [0.15, 0.2) is 0 Å². The fraction of sp³-hybridized carbons (Fsp3) is 0.150. The number of halogens is 2. The largest absolute Gasteiger partial charge is 0.462 e. The quantitative estimate of drug-likeness (QED) is 0.301. The number of amides is 2. The third kappa shape index (κ3) is 4.49. The number of rotatable bonds is 6. The minimum atomic E-state index is -0.550. The molecule has 0 aliphatic carbocycles. The zero-order valence-electron chi connectivity index (χ0n) is 14.2. The van der Waals surface area contributed by atoms with Crippen LogP contribution in [0.1, 0.15) is 32.7 Å². The number of benzene rings is 2. The molecule has 1 aliphatic rings. The lowest BCUT2D eigenvalue weighted by Gasteiger charge is -2.13. The lowest BCUT2D eigenvalue weighted by atomic mass is 10.1. The maximum Gasteiger partial charge on any atom is 0.330 e. The van der Waals surface area contributed by atoms with Gasteiger partial charge < -0.3 is 4.74 Å². The van der Waals surface area contributed by atoms with Gasteiger partial charge in [-0.15, -0.1) is 0 Å². The van der Waals surface area contributed by atoms with Crippen molar-refractivity contribution in [2.75, 3.05) is 13.2 Å². The van der Waals surface area contributed by atoms with Gasteiger partial charge >= 0.3 is 5.97 Å². The van der Waals surface area contributed by atoms with Crippen molar-refractivity contribution < 1.29 is 23.5 Å². The normalized spacial score (nSPS) is 13.3. The minimum Gasteiger partial charge on any atom is -0.462 e. The van der Waals surface area contributed by atoms with E-state index in [4.69, 9.17) is 4.74 Å². The highest BCUT2D eigenvalue weighted by Gasteiger charge is 2.35. The lowest BCUT2D eigenvalue weighted by molar-refractivity contribution is -0.137. The van der Waals surface area contributed by atoms with E-state index in [1.54, 1.807) is 30.3 Å². The van der Waals surface area contributed by atoms with E-state index in [2.05, 4.69) is 15.9 Å². The Hall–Kier alpha value is -2.80. The Labute approximate surface area is 163 Å². The van der Waals surface area contributed by atoms with Crippen molar-refractivity contribution in [3.8, 4) is 0 Å². The van der Waals surface area contributed by atoms with E-state index in [-0.39, 0.29) is 30.8 Å². The zero-order valence-corrected chi connectivity index (χ0v) is 15.7. The first kappa shape index (κ1) is 19.0. The van der Waals surface area contributed by atoms with Gasteiger partial charge in [-0.2, -0.15) is 0 Å². The van der Waals surface area contributed by atoms with Gasteiger partial charge in [-0.1, -0.05) is 28.1 Å². The lowest BCUT2D eigenvalue weighted by Crippen LogP contribution is -2.31. The second-order valence-corrected chi connectivity index (χ2v) is 6.77. The highest BCUT2D eigenvalue weighted by molar-refractivity contribution is 9.10. The molecule has 1 heterocycles. The van der Waals surface area contributed by atoms with Crippen LogP contribution in [-0.4, -0.2) is 35.8 Å². The van der Waals surface area contributed by atoms with Crippen LogP contribution in [0, 0.1) is 5.82 Å². The van der Waals surface area contributed by atoms with Crippen LogP contribution in [-0.2, 0) is 9.53 Å². The molecule has 1 aliphatic heterocycles. The van der Waals surface area contributed by atoms with E-state index in [0.29, 0.717) is 23.1 Å². The summed E-state index contributed by atoms with van der Waals surface area (Å²) >= 11 is 3.28. The molecular weight excluding hydrogens is 417 g/mol. The van der Waals surface area contributed by atoms with E-state index in [9.17, 15) is 18.8 Å². The zero-order chi connectivity index (χ0) is 19.4. The van der Waals surface area contributed by atoms with Crippen LogP contribution in [0.2, 0.25) is 0 Å². The van der Waals surface area contributed by atoms with Crippen LogP contribution >= 0.6 is 15.9 Å². The Balaban J connectivity index is 1.46. The van der Waals surface area contributed by atoms with Crippen LogP contribution in [0.5, 0.6) is 0 Å². The molecule has 0 atom stereocenters. The molecule has 2 aromatic carbocycles. The van der Waals surface area contributed by atoms with Crippen molar-refractivity contribution in [2.45, 2.75) is 6.42 Å². The van der Waals surface area contributed by atoms with Crippen molar-refractivity contribution in [3.63, 3.8) is 0 Å². The SMILES string of the molecule is O=C(/C=C/c1ccc(F)cc1)OCCCN1C(=O)c2ccc(Br)cc2C1=O. The number of hydrogen-bond acceptors (Lipinski definition) is 4. The van der Waals surface area contributed by atoms with Crippen molar-refractivity contribution in [1.29, 1.82) is 0 Å². The van der Waals surface area contributed by atoms with Crippen LogP contribution in [0.4, 0.5) is 4.39 Å². The van der Waals surface area contributed by atoms with E-state index in [0.717, 1.165) is 9.37 Å². The number of hydrogen-bond donors (Lipinski definition) is 0. The summed E-state index contributed by atoms with van der Waals surface area (Å²) in [4.78, 5) is 37.4. The second kappa shape index (κ2) is 8.26.